The maximum atomic E-state index is 11.4. The second kappa shape index (κ2) is 8.71. The molecular formula is C20H24N4O4S. The first-order valence-corrected chi connectivity index (χ1v) is 11.0. The van der Waals surface area contributed by atoms with Gasteiger partial charge in [-0.3, -0.25) is 15.5 Å². The summed E-state index contributed by atoms with van der Waals surface area (Å²) in [5.41, 5.74) is 5.23. The van der Waals surface area contributed by atoms with Gasteiger partial charge in [-0.05, 0) is 48.9 Å². The summed E-state index contributed by atoms with van der Waals surface area (Å²) in [7, 11) is -4.03. The number of hydrazone groups is 1. The highest BCUT2D eigenvalue weighted by molar-refractivity contribution is 7.89. The molecular weight excluding hydrogens is 392 g/mol. The van der Waals surface area contributed by atoms with Crippen molar-refractivity contribution in [1.29, 1.82) is 0 Å². The fraction of sp³-hybridized carbons (Fsp3) is 0.350. The predicted molar refractivity (Wildman–Crippen MR) is 113 cm³/mol. The van der Waals surface area contributed by atoms with Gasteiger partial charge in [0.05, 0.1) is 15.5 Å². The van der Waals surface area contributed by atoms with Crippen LogP contribution in [0.1, 0.15) is 56.1 Å². The number of nitro groups is 1. The lowest BCUT2D eigenvalue weighted by Crippen LogP contribution is -2.12. The highest BCUT2D eigenvalue weighted by Crippen LogP contribution is 2.32. The molecule has 3 N–H and O–H groups in total. The largest absolute Gasteiger partial charge is 0.295 e. The van der Waals surface area contributed by atoms with Gasteiger partial charge in [-0.1, -0.05) is 43.5 Å². The number of nitrogens with two attached hydrogens (primary N) is 1. The van der Waals surface area contributed by atoms with Gasteiger partial charge in [-0.15, -0.1) is 0 Å². The van der Waals surface area contributed by atoms with Gasteiger partial charge in [-0.2, -0.15) is 5.10 Å². The van der Waals surface area contributed by atoms with Gasteiger partial charge in [-0.25, -0.2) is 13.6 Å². The lowest BCUT2D eigenvalue weighted by atomic mass is 9.84. The number of hydrogen-bond acceptors (Lipinski definition) is 6. The summed E-state index contributed by atoms with van der Waals surface area (Å²) in [6, 6.07) is 11.6. The normalized spacial score (nSPS) is 15.9. The Hall–Kier alpha value is -2.78. The summed E-state index contributed by atoms with van der Waals surface area (Å²) in [6.07, 6.45) is 6.33. The van der Waals surface area contributed by atoms with Crippen molar-refractivity contribution in [3.05, 3.63) is 63.7 Å². The minimum absolute atomic E-state index is 0.0839. The van der Waals surface area contributed by atoms with Gasteiger partial charge < -0.3 is 0 Å². The number of hydrogen-bond donors (Lipinski definition) is 2. The summed E-state index contributed by atoms with van der Waals surface area (Å²) in [6.45, 7) is 1.80. The average molecular weight is 417 g/mol. The Morgan fingerprint density at radius 1 is 1.14 bits per heavy atom. The van der Waals surface area contributed by atoms with Crippen molar-refractivity contribution >= 4 is 27.1 Å². The molecule has 1 aliphatic rings. The molecule has 29 heavy (non-hydrogen) atoms. The Kier molecular flexibility index (Phi) is 6.29. The van der Waals surface area contributed by atoms with Crippen molar-refractivity contribution in [3.63, 3.8) is 0 Å². The van der Waals surface area contributed by atoms with Crippen LogP contribution in [-0.4, -0.2) is 19.1 Å². The number of nitro benzene ring substituents is 1. The molecule has 0 amide bonds. The van der Waals surface area contributed by atoms with E-state index in [9.17, 15) is 18.5 Å². The quantitative estimate of drug-likeness (QED) is 0.416. The van der Waals surface area contributed by atoms with Crippen LogP contribution in [0.3, 0.4) is 0 Å². The molecule has 0 heterocycles. The summed E-state index contributed by atoms with van der Waals surface area (Å²) < 4.78 is 22.8. The molecule has 8 nitrogen and oxygen atoms in total. The standard InChI is InChI=1S/C20H24N4O4S/c1-14(15-7-9-17(10-8-15)16-5-3-2-4-6-16)22-23-19-12-11-18(29(21,27)28)13-20(19)24(25)26/h7-13,16,23H,2-6H2,1H3,(H2,21,27,28)/b22-14-. The average Bonchev–Trinajstić information content (AvgIpc) is 2.72. The third-order valence-electron chi connectivity index (χ3n) is 5.24. The van der Waals surface area contributed by atoms with Crippen molar-refractivity contribution in [2.24, 2.45) is 10.2 Å². The van der Waals surface area contributed by atoms with Crippen LogP contribution in [0.15, 0.2) is 52.5 Å². The maximum Gasteiger partial charge on any atom is 0.295 e. The van der Waals surface area contributed by atoms with Crippen LogP contribution < -0.4 is 10.6 Å². The Morgan fingerprint density at radius 2 is 1.79 bits per heavy atom. The molecule has 0 bridgehead atoms. The van der Waals surface area contributed by atoms with E-state index in [1.165, 1.54) is 49.8 Å². The minimum atomic E-state index is -4.03. The molecule has 0 radical (unpaired) electrons. The van der Waals surface area contributed by atoms with Crippen molar-refractivity contribution in [1.82, 2.24) is 0 Å². The van der Waals surface area contributed by atoms with Crippen molar-refractivity contribution < 1.29 is 13.3 Å². The number of sulfonamides is 1. The molecule has 1 aliphatic carbocycles. The zero-order chi connectivity index (χ0) is 21.0. The number of rotatable bonds is 6. The Balaban J connectivity index is 1.77. The van der Waals surface area contributed by atoms with Gasteiger partial charge in [0.25, 0.3) is 5.69 Å². The topological polar surface area (TPSA) is 128 Å². The zero-order valence-electron chi connectivity index (χ0n) is 16.2. The van der Waals surface area contributed by atoms with Crippen LogP contribution in [0.5, 0.6) is 0 Å². The molecule has 0 saturated heterocycles. The number of nitrogens with one attached hydrogen (secondary N) is 1. The van der Waals surface area contributed by atoms with Crippen LogP contribution in [0.4, 0.5) is 11.4 Å². The highest BCUT2D eigenvalue weighted by Gasteiger charge is 2.19. The van der Waals surface area contributed by atoms with Crippen LogP contribution in [-0.2, 0) is 10.0 Å². The number of benzene rings is 2. The van der Waals surface area contributed by atoms with Crippen molar-refractivity contribution in [3.8, 4) is 0 Å². The Bertz CT molecular complexity index is 1030. The van der Waals surface area contributed by atoms with Crippen molar-refractivity contribution in [2.45, 2.75) is 49.8 Å². The van der Waals surface area contributed by atoms with Gasteiger partial charge in [0.15, 0.2) is 0 Å². The van der Waals surface area contributed by atoms with E-state index in [-0.39, 0.29) is 10.6 Å². The second-order valence-corrected chi connectivity index (χ2v) is 8.81. The molecule has 1 saturated carbocycles. The van der Waals surface area contributed by atoms with E-state index in [1.54, 1.807) is 6.92 Å². The number of primary sulfonamides is 1. The monoisotopic (exact) mass is 416 g/mol. The zero-order valence-corrected chi connectivity index (χ0v) is 17.0. The smallest absolute Gasteiger partial charge is 0.271 e. The molecule has 0 aliphatic heterocycles. The minimum Gasteiger partial charge on any atom is -0.271 e. The molecule has 0 atom stereocenters. The van der Waals surface area contributed by atoms with E-state index in [2.05, 4.69) is 22.7 Å². The van der Waals surface area contributed by atoms with Gasteiger partial charge >= 0.3 is 0 Å². The van der Waals surface area contributed by atoms with E-state index in [0.29, 0.717) is 11.6 Å². The van der Waals surface area contributed by atoms with Gasteiger partial charge in [0, 0.05) is 6.07 Å². The van der Waals surface area contributed by atoms with Crippen molar-refractivity contribution in [2.75, 3.05) is 5.43 Å². The number of nitrogens with zero attached hydrogens (tertiary/aromatic N) is 2. The maximum absolute atomic E-state index is 11.4. The summed E-state index contributed by atoms with van der Waals surface area (Å²) >= 11 is 0. The van der Waals surface area contributed by atoms with Crippen LogP contribution in [0.25, 0.3) is 0 Å². The fourth-order valence-electron chi connectivity index (χ4n) is 3.58. The lowest BCUT2D eigenvalue weighted by Gasteiger charge is -2.22. The summed E-state index contributed by atoms with van der Waals surface area (Å²) in [4.78, 5) is 10.3. The fourth-order valence-corrected chi connectivity index (χ4v) is 4.11. The van der Waals surface area contributed by atoms with E-state index in [1.807, 2.05) is 12.1 Å². The molecule has 1 fully saturated rings. The van der Waals surface area contributed by atoms with E-state index in [4.69, 9.17) is 5.14 Å². The first-order valence-electron chi connectivity index (χ1n) is 9.47. The SMILES string of the molecule is C/C(=N/Nc1ccc(S(N)(=O)=O)cc1[N+](=O)[O-])c1ccc(C2CCCCC2)cc1. The summed E-state index contributed by atoms with van der Waals surface area (Å²) in [5.74, 6) is 0.619. The van der Waals surface area contributed by atoms with Crippen LogP contribution in [0, 0.1) is 10.1 Å². The molecule has 0 unspecified atom stereocenters. The predicted octanol–water partition coefficient (Wildman–Crippen LogP) is 4.13. The highest BCUT2D eigenvalue weighted by atomic mass is 32.2. The first-order chi connectivity index (χ1) is 13.8. The third kappa shape index (κ3) is 5.18. The molecule has 9 heteroatoms. The Morgan fingerprint density at radius 3 is 2.38 bits per heavy atom. The molecule has 3 rings (SSSR count). The summed E-state index contributed by atoms with van der Waals surface area (Å²) in [5, 5.41) is 20.5. The molecule has 0 aromatic heterocycles. The van der Waals surface area contributed by atoms with Gasteiger partial charge in [0.2, 0.25) is 10.0 Å². The third-order valence-corrected chi connectivity index (χ3v) is 6.15. The van der Waals surface area contributed by atoms with E-state index >= 15 is 0 Å². The molecule has 2 aromatic carbocycles. The molecule has 154 valence electrons. The Labute approximate surface area is 170 Å². The van der Waals surface area contributed by atoms with E-state index < -0.39 is 20.6 Å². The van der Waals surface area contributed by atoms with Gasteiger partial charge in [0.1, 0.15) is 5.69 Å². The molecule has 2 aromatic rings. The van der Waals surface area contributed by atoms with Crippen LogP contribution in [0.2, 0.25) is 0 Å². The molecule has 0 spiro atoms. The van der Waals surface area contributed by atoms with Crippen LogP contribution >= 0.6 is 0 Å². The first kappa shape index (κ1) is 20.9. The lowest BCUT2D eigenvalue weighted by molar-refractivity contribution is -0.384. The second-order valence-electron chi connectivity index (χ2n) is 7.25. The number of anilines is 1. The van der Waals surface area contributed by atoms with E-state index in [0.717, 1.165) is 11.6 Å².